The quantitative estimate of drug-likeness (QED) is 0.565. The van der Waals surface area contributed by atoms with E-state index in [9.17, 15) is 4.79 Å². The number of nitrogens with zero attached hydrogens (tertiary/aromatic N) is 3. The summed E-state index contributed by atoms with van der Waals surface area (Å²) < 4.78 is 5.39. The number of carbonyl (C=O) groups is 1. The van der Waals surface area contributed by atoms with Crippen LogP contribution in [-0.2, 0) is 9.53 Å². The summed E-state index contributed by atoms with van der Waals surface area (Å²) >= 11 is 0. The molecule has 0 aliphatic carbocycles. The van der Waals surface area contributed by atoms with E-state index in [1.807, 2.05) is 50.3 Å². The largest absolute Gasteiger partial charge is 0.378 e. The van der Waals surface area contributed by atoms with E-state index in [0.717, 1.165) is 41.7 Å². The third-order valence-corrected chi connectivity index (χ3v) is 4.49. The molecule has 7 nitrogen and oxygen atoms in total. The molecular formula is C21H27N5O2. The molecule has 1 amide bonds. The van der Waals surface area contributed by atoms with Crippen LogP contribution in [0.4, 0.5) is 11.6 Å². The van der Waals surface area contributed by atoms with E-state index in [4.69, 9.17) is 4.74 Å². The molecule has 0 bridgehead atoms. The second kappa shape index (κ2) is 9.85. The van der Waals surface area contributed by atoms with Crippen molar-refractivity contribution in [3.8, 4) is 0 Å². The van der Waals surface area contributed by atoms with Crippen molar-refractivity contribution in [2.75, 3.05) is 49.6 Å². The van der Waals surface area contributed by atoms with Crippen molar-refractivity contribution in [1.82, 2.24) is 15.3 Å². The van der Waals surface area contributed by atoms with Gasteiger partial charge >= 0.3 is 0 Å². The SMILES string of the molecule is Cc1nc(NCCNC(=O)/C=C/c2ccccc2C)cc(N2CCOCC2)n1. The van der Waals surface area contributed by atoms with E-state index < -0.39 is 0 Å². The Morgan fingerprint density at radius 3 is 2.75 bits per heavy atom. The Kier molecular flexibility index (Phi) is 6.97. The van der Waals surface area contributed by atoms with Crippen LogP contribution >= 0.6 is 0 Å². The molecule has 0 spiro atoms. The van der Waals surface area contributed by atoms with Crippen LogP contribution in [0, 0.1) is 13.8 Å². The van der Waals surface area contributed by atoms with Crippen LogP contribution in [0.1, 0.15) is 17.0 Å². The first-order valence-electron chi connectivity index (χ1n) is 9.55. The van der Waals surface area contributed by atoms with Gasteiger partial charge in [0.05, 0.1) is 13.2 Å². The van der Waals surface area contributed by atoms with Crippen molar-refractivity contribution in [2.45, 2.75) is 13.8 Å². The van der Waals surface area contributed by atoms with Crippen LogP contribution in [0.5, 0.6) is 0 Å². The molecule has 2 heterocycles. The Morgan fingerprint density at radius 1 is 1.18 bits per heavy atom. The Hall–Kier alpha value is -2.93. The summed E-state index contributed by atoms with van der Waals surface area (Å²) in [5, 5.41) is 6.13. The normalized spacial score (nSPS) is 14.3. The minimum atomic E-state index is -0.113. The first-order chi connectivity index (χ1) is 13.6. The number of aromatic nitrogens is 2. The van der Waals surface area contributed by atoms with Crippen molar-refractivity contribution >= 4 is 23.6 Å². The highest BCUT2D eigenvalue weighted by molar-refractivity contribution is 5.91. The fourth-order valence-electron chi connectivity index (χ4n) is 2.97. The van der Waals surface area contributed by atoms with Crippen molar-refractivity contribution in [3.05, 3.63) is 53.4 Å². The highest BCUT2D eigenvalue weighted by Gasteiger charge is 2.14. The summed E-state index contributed by atoms with van der Waals surface area (Å²) in [5.74, 6) is 2.27. The lowest BCUT2D eigenvalue weighted by Gasteiger charge is -2.28. The van der Waals surface area contributed by atoms with Crippen LogP contribution in [0.2, 0.25) is 0 Å². The average molecular weight is 381 g/mol. The summed E-state index contributed by atoms with van der Waals surface area (Å²) in [6.45, 7) is 8.10. The number of benzene rings is 1. The molecule has 0 atom stereocenters. The lowest BCUT2D eigenvalue weighted by molar-refractivity contribution is -0.116. The van der Waals surface area contributed by atoms with E-state index in [1.54, 1.807) is 6.08 Å². The minimum absolute atomic E-state index is 0.113. The molecule has 7 heteroatoms. The Labute approximate surface area is 165 Å². The van der Waals surface area contributed by atoms with Gasteiger partial charge in [-0.15, -0.1) is 0 Å². The zero-order chi connectivity index (χ0) is 19.8. The predicted molar refractivity (Wildman–Crippen MR) is 112 cm³/mol. The third kappa shape index (κ3) is 5.79. The van der Waals surface area contributed by atoms with E-state index in [1.165, 1.54) is 0 Å². The molecule has 0 unspecified atom stereocenters. The maximum absolute atomic E-state index is 12.0. The lowest BCUT2D eigenvalue weighted by atomic mass is 10.1. The highest BCUT2D eigenvalue weighted by atomic mass is 16.5. The van der Waals surface area contributed by atoms with Gasteiger partial charge in [-0.3, -0.25) is 4.79 Å². The van der Waals surface area contributed by atoms with Gasteiger partial charge in [0.15, 0.2) is 0 Å². The van der Waals surface area contributed by atoms with Crippen molar-refractivity contribution in [2.24, 2.45) is 0 Å². The zero-order valence-electron chi connectivity index (χ0n) is 16.4. The maximum Gasteiger partial charge on any atom is 0.244 e. The number of ether oxygens (including phenoxy) is 1. The maximum atomic E-state index is 12.0. The number of anilines is 2. The number of rotatable bonds is 7. The van der Waals surface area contributed by atoms with E-state index in [0.29, 0.717) is 26.3 Å². The number of nitrogens with one attached hydrogen (secondary N) is 2. The number of amides is 1. The topological polar surface area (TPSA) is 79.4 Å². The molecule has 148 valence electrons. The van der Waals surface area contributed by atoms with Gasteiger partial charge in [0.25, 0.3) is 0 Å². The lowest BCUT2D eigenvalue weighted by Crippen LogP contribution is -2.37. The molecule has 28 heavy (non-hydrogen) atoms. The van der Waals surface area contributed by atoms with Crippen LogP contribution in [0.25, 0.3) is 6.08 Å². The monoisotopic (exact) mass is 381 g/mol. The van der Waals surface area contributed by atoms with Gasteiger partial charge in [0.2, 0.25) is 5.91 Å². The van der Waals surface area contributed by atoms with Crippen LogP contribution < -0.4 is 15.5 Å². The molecule has 0 radical (unpaired) electrons. The third-order valence-electron chi connectivity index (χ3n) is 4.49. The van der Waals surface area contributed by atoms with Crippen molar-refractivity contribution in [3.63, 3.8) is 0 Å². The molecule has 1 aromatic heterocycles. The van der Waals surface area contributed by atoms with Gasteiger partial charge in [-0.05, 0) is 31.1 Å². The van der Waals surface area contributed by atoms with E-state index in [-0.39, 0.29) is 5.91 Å². The van der Waals surface area contributed by atoms with Crippen LogP contribution in [-0.4, -0.2) is 55.3 Å². The molecule has 1 aliphatic rings. The van der Waals surface area contributed by atoms with Gasteiger partial charge in [-0.25, -0.2) is 9.97 Å². The fourth-order valence-corrected chi connectivity index (χ4v) is 2.97. The van der Waals surface area contributed by atoms with Gasteiger partial charge in [0.1, 0.15) is 17.5 Å². The predicted octanol–water partition coefficient (Wildman–Crippen LogP) is 2.17. The standard InChI is InChI=1S/C21H27N5O2/c1-16-5-3-4-6-18(16)7-8-21(27)23-10-9-22-19-15-20(25-17(2)24-19)26-11-13-28-14-12-26/h3-8,15H,9-14H2,1-2H3,(H,23,27)(H,22,24,25)/b8-7+. The summed E-state index contributed by atoms with van der Waals surface area (Å²) in [5.41, 5.74) is 2.19. The first kappa shape index (κ1) is 19.8. The van der Waals surface area contributed by atoms with Gasteiger partial charge in [0, 0.05) is 38.3 Å². The van der Waals surface area contributed by atoms with Gasteiger partial charge in [-0.2, -0.15) is 0 Å². The van der Waals surface area contributed by atoms with Crippen molar-refractivity contribution in [1.29, 1.82) is 0 Å². The second-order valence-electron chi connectivity index (χ2n) is 6.67. The summed E-state index contributed by atoms with van der Waals surface area (Å²) in [7, 11) is 0. The summed E-state index contributed by atoms with van der Waals surface area (Å²) in [6, 6.07) is 9.90. The molecule has 3 rings (SSSR count). The van der Waals surface area contributed by atoms with E-state index >= 15 is 0 Å². The Balaban J connectivity index is 1.46. The number of carbonyl (C=O) groups excluding carboxylic acids is 1. The van der Waals surface area contributed by atoms with Crippen molar-refractivity contribution < 1.29 is 9.53 Å². The molecule has 1 fully saturated rings. The smallest absolute Gasteiger partial charge is 0.244 e. The van der Waals surface area contributed by atoms with Crippen LogP contribution in [0.15, 0.2) is 36.4 Å². The number of aryl methyl sites for hydroxylation is 2. The number of hydrogen-bond donors (Lipinski definition) is 2. The number of morpholine rings is 1. The molecule has 2 N–H and O–H groups in total. The first-order valence-corrected chi connectivity index (χ1v) is 9.55. The van der Waals surface area contributed by atoms with Gasteiger partial charge < -0.3 is 20.3 Å². The summed E-state index contributed by atoms with van der Waals surface area (Å²) in [4.78, 5) is 23.1. The zero-order valence-corrected chi connectivity index (χ0v) is 16.4. The Morgan fingerprint density at radius 2 is 1.96 bits per heavy atom. The highest BCUT2D eigenvalue weighted by Crippen LogP contribution is 2.17. The molecule has 1 aromatic carbocycles. The van der Waals surface area contributed by atoms with Crippen LogP contribution in [0.3, 0.4) is 0 Å². The van der Waals surface area contributed by atoms with E-state index in [2.05, 4.69) is 25.5 Å². The molecule has 1 saturated heterocycles. The van der Waals surface area contributed by atoms with Gasteiger partial charge in [-0.1, -0.05) is 24.3 Å². The number of hydrogen-bond acceptors (Lipinski definition) is 6. The molecule has 1 aliphatic heterocycles. The summed E-state index contributed by atoms with van der Waals surface area (Å²) in [6.07, 6.45) is 3.40. The average Bonchev–Trinajstić information content (AvgIpc) is 2.71. The molecular weight excluding hydrogens is 354 g/mol. The fraction of sp³-hybridized carbons (Fsp3) is 0.381. The minimum Gasteiger partial charge on any atom is -0.378 e. The Bertz CT molecular complexity index is 831. The second-order valence-corrected chi connectivity index (χ2v) is 6.67. The molecule has 2 aromatic rings. The molecule has 0 saturated carbocycles.